The van der Waals surface area contributed by atoms with Gasteiger partial charge in [0.25, 0.3) is 0 Å². The quantitative estimate of drug-likeness (QED) is 0.625. The number of hydrogen-bond acceptors (Lipinski definition) is 3. The first kappa shape index (κ1) is 13.2. The van der Waals surface area contributed by atoms with Gasteiger partial charge in [0, 0.05) is 30.4 Å². The van der Waals surface area contributed by atoms with E-state index in [1.165, 1.54) is 6.42 Å². The monoisotopic (exact) mass is 248 g/mol. The first-order chi connectivity index (χ1) is 8.47. The van der Waals surface area contributed by atoms with Crippen LogP contribution in [0, 0.1) is 11.8 Å². The molecule has 0 amide bonds. The SMILES string of the molecule is CC1CC(C)C(C)N(Cc2cc(N)ccc2O)C1. The van der Waals surface area contributed by atoms with Crippen LogP contribution in [0.2, 0.25) is 0 Å². The van der Waals surface area contributed by atoms with Gasteiger partial charge in [0.2, 0.25) is 0 Å². The molecule has 0 bridgehead atoms. The number of aromatic hydroxyl groups is 1. The molecule has 1 aliphatic heterocycles. The van der Waals surface area contributed by atoms with Crippen molar-refractivity contribution >= 4 is 5.69 Å². The van der Waals surface area contributed by atoms with Crippen molar-refractivity contribution in [1.29, 1.82) is 0 Å². The van der Waals surface area contributed by atoms with Crippen molar-refractivity contribution in [3.8, 4) is 5.75 Å². The van der Waals surface area contributed by atoms with Crippen LogP contribution in [-0.4, -0.2) is 22.6 Å². The van der Waals surface area contributed by atoms with Crippen LogP contribution in [0.15, 0.2) is 18.2 Å². The van der Waals surface area contributed by atoms with Crippen LogP contribution in [0.5, 0.6) is 5.75 Å². The first-order valence-corrected chi connectivity index (χ1v) is 6.78. The molecule has 1 heterocycles. The van der Waals surface area contributed by atoms with Gasteiger partial charge in [-0.25, -0.2) is 0 Å². The minimum absolute atomic E-state index is 0.349. The Bertz CT molecular complexity index is 419. The lowest BCUT2D eigenvalue weighted by molar-refractivity contribution is 0.0723. The third kappa shape index (κ3) is 2.78. The van der Waals surface area contributed by atoms with Gasteiger partial charge < -0.3 is 10.8 Å². The Labute approximate surface area is 110 Å². The van der Waals surface area contributed by atoms with Crippen molar-refractivity contribution in [2.45, 2.75) is 39.8 Å². The number of hydrogen-bond donors (Lipinski definition) is 2. The Morgan fingerprint density at radius 2 is 2.06 bits per heavy atom. The molecule has 0 aromatic heterocycles. The Morgan fingerprint density at radius 1 is 1.33 bits per heavy atom. The molecule has 1 aromatic rings. The van der Waals surface area contributed by atoms with Crippen molar-refractivity contribution in [1.82, 2.24) is 4.90 Å². The highest BCUT2D eigenvalue weighted by molar-refractivity contribution is 5.47. The summed E-state index contributed by atoms with van der Waals surface area (Å²) in [6.45, 7) is 8.77. The standard InChI is InChI=1S/C15H24N2O/c1-10-6-11(2)12(3)17(8-10)9-13-7-14(16)4-5-15(13)18/h4-5,7,10-12,18H,6,8-9,16H2,1-3H3. The van der Waals surface area contributed by atoms with Gasteiger partial charge in [-0.05, 0) is 43.4 Å². The molecule has 1 aromatic carbocycles. The van der Waals surface area contributed by atoms with Gasteiger partial charge in [-0.15, -0.1) is 0 Å². The number of likely N-dealkylation sites (tertiary alicyclic amines) is 1. The largest absolute Gasteiger partial charge is 0.508 e. The number of benzene rings is 1. The van der Waals surface area contributed by atoms with E-state index in [2.05, 4.69) is 25.7 Å². The zero-order chi connectivity index (χ0) is 13.3. The van der Waals surface area contributed by atoms with Crippen molar-refractivity contribution in [2.24, 2.45) is 11.8 Å². The minimum Gasteiger partial charge on any atom is -0.508 e. The summed E-state index contributed by atoms with van der Waals surface area (Å²) in [7, 11) is 0. The zero-order valence-electron chi connectivity index (χ0n) is 11.6. The lowest BCUT2D eigenvalue weighted by Gasteiger charge is -2.41. The molecule has 0 saturated carbocycles. The third-order valence-electron chi connectivity index (χ3n) is 4.20. The second kappa shape index (κ2) is 5.19. The first-order valence-electron chi connectivity index (χ1n) is 6.78. The highest BCUT2D eigenvalue weighted by atomic mass is 16.3. The second-order valence-electron chi connectivity index (χ2n) is 5.88. The molecular weight excluding hydrogens is 224 g/mol. The van der Waals surface area contributed by atoms with Crippen molar-refractivity contribution < 1.29 is 5.11 Å². The van der Waals surface area contributed by atoms with Gasteiger partial charge in [-0.3, -0.25) is 4.90 Å². The van der Waals surface area contributed by atoms with E-state index >= 15 is 0 Å². The van der Waals surface area contributed by atoms with Gasteiger partial charge in [0.1, 0.15) is 5.75 Å². The molecule has 0 spiro atoms. The summed E-state index contributed by atoms with van der Waals surface area (Å²) >= 11 is 0. The molecule has 1 saturated heterocycles. The molecule has 3 N–H and O–H groups in total. The minimum atomic E-state index is 0.349. The topological polar surface area (TPSA) is 49.5 Å². The van der Waals surface area contributed by atoms with Crippen LogP contribution in [0.25, 0.3) is 0 Å². The number of nitrogens with zero attached hydrogens (tertiary/aromatic N) is 1. The van der Waals surface area contributed by atoms with E-state index in [0.717, 1.165) is 24.6 Å². The fourth-order valence-electron chi connectivity index (χ4n) is 2.99. The molecule has 3 unspecified atom stereocenters. The highest BCUT2D eigenvalue weighted by Gasteiger charge is 2.28. The molecule has 18 heavy (non-hydrogen) atoms. The molecule has 0 radical (unpaired) electrons. The average molecular weight is 248 g/mol. The van der Waals surface area contributed by atoms with E-state index in [1.54, 1.807) is 12.1 Å². The Balaban J connectivity index is 2.14. The Morgan fingerprint density at radius 3 is 2.78 bits per heavy atom. The molecule has 3 heteroatoms. The molecule has 1 fully saturated rings. The van der Waals surface area contributed by atoms with Crippen molar-refractivity contribution in [3.05, 3.63) is 23.8 Å². The summed E-state index contributed by atoms with van der Waals surface area (Å²) in [5, 5.41) is 9.90. The van der Waals surface area contributed by atoms with Crippen molar-refractivity contribution in [3.63, 3.8) is 0 Å². The molecule has 0 aliphatic carbocycles. The summed E-state index contributed by atoms with van der Waals surface area (Å²) in [6.07, 6.45) is 1.29. The summed E-state index contributed by atoms with van der Waals surface area (Å²) in [5.41, 5.74) is 7.44. The lowest BCUT2D eigenvalue weighted by Crippen LogP contribution is -2.45. The maximum atomic E-state index is 9.90. The van der Waals surface area contributed by atoms with E-state index in [-0.39, 0.29) is 0 Å². The van der Waals surface area contributed by atoms with Gasteiger partial charge >= 0.3 is 0 Å². The van der Waals surface area contributed by atoms with E-state index in [0.29, 0.717) is 23.4 Å². The number of anilines is 1. The molecular formula is C15H24N2O. The Hall–Kier alpha value is -1.22. The van der Waals surface area contributed by atoms with Gasteiger partial charge in [-0.1, -0.05) is 13.8 Å². The average Bonchev–Trinajstić information content (AvgIpc) is 2.30. The van der Waals surface area contributed by atoms with Crippen LogP contribution in [0.1, 0.15) is 32.8 Å². The van der Waals surface area contributed by atoms with E-state index in [4.69, 9.17) is 5.73 Å². The van der Waals surface area contributed by atoms with Crippen LogP contribution in [-0.2, 0) is 6.54 Å². The van der Waals surface area contributed by atoms with Gasteiger partial charge in [0.05, 0.1) is 0 Å². The summed E-state index contributed by atoms with van der Waals surface area (Å²) in [4.78, 5) is 2.45. The van der Waals surface area contributed by atoms with Gasteiger partial charge in [0.15, 0.2) is 0 Å². The number of nitrogens with two attached hydrogens (primary N) is 1. The Kier molecular flexibility index (Phi) is 3.81. The van der Waals surface area contributed by atoms with E-state index in [1.807, 2.05) is 6.07 Å². The summed E-state index contributed by atoms with van der Waals surface area (Å²) in [5.74, 6) is 1.78. The fraction of sp³-hybridized carbons (Fsp3) is 0.600. The zero-order valence-corrected chi connectivity index (χ0v) is 11.6. The summed E-state index contributed by atoms with van der Waals surface area (Å²) in [6, 6.07) is 5.86. The number of nitrogen functional groups attached to an aromatic ring is 1. The van der Waals surface area contributed by atoms with Crippen LogP contribution < -0.4 is 5.73 Å². The fourth-order valence-corrected chi connectivity index (χ4v) is 2.99. The van der Waals surface area contributed by atoms with Gasteiger partial charge in [-0.2, -0.15) is 0 Å². The van der Waals surface area contributed by atoms with Crippen LogP contribution in [0.4, 0.5) is 5.69 Å². The third-order valence-corrected chi connectivity index (χ3v) is 4.20. The predicted molar refractivity (Wildman–Crippen MR) is 75.3 cm³/mol. The molecule has 100 valence electrons. The molecule has 3 atom stereocenters. The van der Waals surface area contributed by atoms with E-state index in [9.17, 15) is 5.11 Å². The lowest BCUT2D eigenvalue weighted by atomic mass is 9.85. The van der Waals surface area contributed by atoms with Crippen molar-refractivity contribution in [2.75, 3.05) is 12.3 Å². The molecule has 3 nitrogen and oxygen atoms in total. The van der Waals surface area contributed by atoms with Crippen LogP contribution >= 0.6 is 0 Å². The number of piperidine rings is 1. The van der Waals surface area contributed by atoms with E-state index < -0.39 is 0 Å². The number of rotatable bonds is 2. The van der Waals surface area contributed by atoms with Crippen LogP contribution in [0.3, 0.4) is 0 Å². The number of phenols is 1. The second-order valence-corrected chi connectivity index (χ2v) is 5.88. The molecule has 1 aliphatic rings. The molecule has 2 rings (SSSR count). The smallest absolute Gasteiger partial charge is 0.120 e. The maximum Gasteiger partial charge on any atom is 0.120 e. The summed E-state index contributed by atoms with van der Waals surface area (Å²) < 4.78 is 0. The predicted octanol–water partition coefficient (Wildman–Crippen LogP) is 2.84. The highest BCUT2D eigenvalue weighted by Crippen LogP contribution is 2.30. The normalized spacial score (nSPS) is 29.4. The number of phenolic OH excluding ortho intramolecular Hbond substituents is 1. The maximum absolute atomic E-state index is 9.90.